The van der Waals surface area contributed by atoms with Crippen molar-refractivity contribution < 1.29 is 28.6 Å². The molecule has 0 heterocycles. The number of rotatable bonds is 14. The van der Waals surface area contributed by atoms with Gasteiger partial charge in [-0.05, 0) is 138 Å². The second-order valence-electron chi connectivity index (χ2n) is 13.5. The average Bonchev–Trinajstić information content (AvgIpc) is 3.66. The fraction of sp³-hybridized carbons (Fsp3) is 0.386. The van der Waals surface area contributed by atoms with E-state index in [9.17, 15) is 14.4 Å². The van der Waals surface area contributed by atoms with Gasteiger partial charge in [0.2, 0.25) is 0 Å². The molecule has 0 fully saturated rings. The first-order valence-corrected chi connectivity index (χ1v) is 22.7. The molecule has 4 aromatic carbocycles. The second kappa shape index (κ2) is 22.6. The van der Waals surface area contributed by atoms with E-state index in [2.05, 4.69) is 157 Å². The van der Waals surface area contributed by atoms with E-state index in [0.29, 0.717) is 19.3 Å². The van der Waals surface area contributed by atoms with Gasteiger partial charge in [-0.15, -0.1) is 0 Å². The summed E-state index contributed by atoms with van der Waals surface area (Å²) in [5, 5.41) is 0.962. The third-order valence-electron chi connectivity index (χ3n) is 10.0. The number of hydrogen-bond donors (Lipinski definition) is 0. The van der Waals surface area contributed by atoms with E-state index in [1.165, 1.54) is 65.8 Å². The Hall–Kier alpha value is -2.31. The number of unbranched alkanes of at least 4 members (excludes halogenated alkanes) is 3. The summed E-state index contributed by atoms with van der Waals surface area (Å²) in [7, 11) is 4.28. The van der Waals surface area contributed by atoms with Crippen LogP contribution in [0.3, 0.4) is 0 Å². The number of ether oxygens (including phenoxy) is 3. The van der Waals surface area contributed by atoms with Gasteiger partial charge in [0, 0.05) is 47.9 Å². The molecule has 0 atom stereocenters. The highest BCUT2D eigenvalue weighted by atomic mass is 79.9. The monoisotopic (exact) mass is 1070 g/mol. The highest BCUT2D eigenvalue weighted by Gasteiger charge is 2.42. The van der Waals surface area contributed by atoms with Gasteiger partial charge in [-0.1, -0.05) is 117 Å². The lowest BCUT2D eigenvalue weighted by Crippen LogP contribution is -2.26. The van der Waals surface area contributed by atoms with Crippen LogP contribution in [0.1, 0.15) is 92.9 Å². The smallest absolute Gasteiger partial charge is 0.305 e. The van der Waals surface area contributed by atoms with Crippen molar-refractivity contribution in [3.8, 4) is 22.3 Å². The molecule has 0 aromatic heterocycles. The van der Waals surface area contributed by atoms with Crippen LogP contribution < -0.4 is 0 Å². The van der Waals surface area contributed by atoms with E-state index in [1.54, 1.807) is 0 Å². The van der Waals surface area contributed by atoms with Gasteiger partial charge in [0.05, 0.1) is 21.3 Å². The predicted octanol–water partition coefficient (Wildman–Crippen LogP) is 13.5. The summed E-state index contributed by atoms with van der Waals surface area (Å²) in [5.41, 5.74) is 10.6. The van der Waals surface area contributed by atoms with E-state index in [0.717, 1.165) is 81.0 Å². The van der Waals surface area contributed by atoms with Crippen molar-refractivity contribution in [3.63, 3.8) is 0 Å². The normalized spacial score (nSPS) is 12.4. The Bertz CT molecular complexity index is 1820. The number of alkyl halides is 1. The van der Waals surface area contributed by atoms with Crippen LogP contribution in [0.25, 0.3) is 22.3 Å². The van der Waals surface area contributed by atoms with E-state index >= 15 is 0 Å². The fourth-order valence-electron chi connectivity index (χ4n) is 7.31. The standard InChI is InChI=1S/C25H28Br2O4.C13H8Br2.C6H11BrO2/c1-30-23(28)7-3-5-13-25(14-6-4-8-24(29)31-2)21-15-17(26)9-11-19(21)20-12-10-18(27)16-22(20)25;14-10-1-3-12-8(6-10)5-9-7-11(15)2-4-13(9)12;1-9-6(8)4-2-3-5-7/h9-12,15-16H,3-8,13-14H2,1-2H3;1-4,6-7H,5H2;2-5H2,1H3. The fourth-order valence-corrected chi connectivity index (χ4v) is 9.25. The highest BCUT2D eigenvalue weighted by molar-refractivity contribution is 9.11. The van der Waals surface area contributed by atoms with Crippen molar-refractivity contribution in [2.24, 2.45) is 0 Å². The van der Waals surface area contributed by atoms with Crippen LogP contribution in [0.4, 0.5) is 0 Å². The van der Waals surface area contributed by atoms with Gasteiger partial charge in [0.1, 0.15) is 0 Å². The number of fused-ring (bicyclic) bond motifs is 6. The topological polar surface area (TPSA) is 78.9 Å². The molecule has 6 nitrogen and oxygen atoms in total. The van der Waals surface area contributed by atoms with Crippen LogP contribution in [0.15, 0.2) is 90.7 Å². The Kier molecular flexibility index (Phi) is 18.6. The molecule has 0 radical (unpaired) electrons. The van der Waals surface area contributed by atoms with Crippen LogP contribution >= 0.6 is 79.6 Å². The quantitative estimate of drug-likeness (QED) is 0.0477. The molecule has 55 heavy (non-hydrogen) atoms. The molecular weight excluding hydrogens is 1020 g/mol. The molecular formula is C44H47Br5O6. The van der Waals surface area contributed by atoms with E-state index in [1.807, 2.05) is 0 Å². The number of esters is 3. The molecule has 294 valence electrons. The van der Waals surface area contributed by atoms with Gasteiger partial charge in [0.15, 0.2) is 0 Å². The summed E-state index contributed by atoms with van der Waals surface area (Å²) in [6.07, 6.45) is 9.72. The van der Waals surface area contributed by atoms with Crippen molar-refractivity contribution in [3.05, 3.63) is 113 Å². The van der Waals surface area contributed by atoms with Crippen molar-refractivity contribution in [1.29, 1.82) is 0 Å². The van der Waals surface area contributed by atoms with Crippen LogP contribution in [0.2, 0.25) is 0 Å². The SMILES string of the molecule is Brc1ccc2c(c1)Cc1cc(Br)ccc1-2.COC(=O)CCCCBr.COC(=O)CCCCC1(CCCCC(=O)OC)c2cc(Br)ccc2-c2ccc(Br)cc21. The molecule has 4 aromatic rings. The van der Waals surface area contributed by atoms with Gasteiger partial charge >= 0.3 is 17.9 Å². The van der Waals surface area contributed by atoms with E-state index < -0.39 is 0 Å². The zero-order valence-electron chi connectivity index (χ0n) is 31.5. The third-order valence-corrected chi connectivity index (χ3v) is 12.5. The Morgan fingerprint density at radius 1 is 0.509 bits per heavy atom. The highest BCUT2D eigenvalue weighted by Crippen LogP contribution is 2.55. The minimum Gasteiger partial charge on any atom is -0.469 e. The largest absolute Gasteiger partial charge is 0.469 e. The lowest BCUT2D eigenvalue weighted by Gasteiger charge is -2.33. The van der Waals surface area contributed by atoms with Gasteiger partial charge in [-0.3, -0.25) is 14.4 Å². The number of hydrogen-bond acceptors (Lipinski definition) is 6. The summed E-state index contributed by atoms with van der Waals surface area (Å²) < 4.78 is 18.5. The lowest BCUT2D eigenvalue weighted by molar-refractivity contribution is -0.141. The number of carbonyl (C=O) groups excluding carboxylic acids is 3. The summed E-state index contributed by atoms with van der Waals surface area (Å²) in [5.74, 6) is -0.439. The van der Waals surface area contributed by atoms with Crippen LogP contribution in [0, 0.1) is 0 Å². The first kappa shape index (κ1) is 45.4. The summed E-state index contributed by atoms with van der Waals surface area (Å²) in [4.78, 5) is 33.6. The van der Waals surface area contributed by atoms with Crippen molar-refractivity contribution in [2.45, 2.75) is 82.5 Å². The van der Waals surface area contributed by atoms with Crippen molar-refractivity contribution in [1.82, 2.24) is 0 Å². The summed E-state index contributed by atoms with van der Waals surface area (Å²) >= 11 is 17.6. The van der Waals surface area contributed by atoms with Gasteiger partial charge in [-0.25, -0.2) is 0 Å². The molecule has 0 saturated heterocycles. The Morgan fingerprint density at radius 2 is 0.855 bits per heavy atom. The Morgan fingerprint density at radius 3 is 1.22 bits per heavy atom. The molecule has 11 heteroatoms. The van der Waals surface area contributed by atoms with Gasteiger partial charge < -0.3 is 14.2 Å². The number of methoxy groups -OCH3 is 3. The molecule has 2 aliphatic rings. The number of halogens is 5. The maximum absolute atomic E-state index is 11.6. The van der Waals surface area contributed by atoms with Crippen molar-refractivity contribution in [2.75, 3.05) is 26.7 Å². The third kappa shape index (κ3) is 12.6. The first-order valence-electron chi connectivity index (χ1n) is 18.4. The lowest BCUT2D eigenvalue weighted by atomic mass is 9.70. The minimum absolute atomic E-state index is 0.115. The van der Waals surface area contributed by atoms with Crippen LogP contribution in [-0.2, 0) is 40.4 Å². The van der Waals surface area contributed by atoms with Gasteiger partial charge in [-0.2, -0.15) is 0 Å². The van der Waals surface area contributed by atoms with Gasteiger partial charge in [0.25, 0.3) is 0 Å². The average molecular weight is 1070 g/mol. The molecule has 2 aliphatic carbocycles. The molecule has 0 amide bonds. The Labute approximate surface area is 367 Å². The van der Waals surface area contributed by atoms with Crippen LogP contribution in [0.5, 0.6) is 0 Å². The molecule has 0 bridgehead atoms. The van der Waals surface area contributed by atoms with Crippen LogP contribution in [-0.4, -0.2) is 44.6 Å². The van der Waals surface area contributed by atoms with E-state index in [4.69, 9.17) is 9.47 Å². The second-order valence-corrected chi connectivity index (χ2v) is 18.0. The molecule has 0 aliphatic heterocycles. The summed E-state index contributed by atoms with van der Waals surface area (Å²) in [6.45, 7) is 0. The van der Waals surface area contributed by atoms with E-state index in [-0.39, 0.29) is 23.3 Å². The molecule has 0 N–H and O–H groups in total. The number of carbonyl (C=O) groups is 3. The minimum atomic E-state index is -0.162. The zero-order chi connectivity index (χ0) is 40.0. The molecule has 0 unspecified atom stereocenters. The Balaban J connectivity index is 0.000000229. The van der Waals surface area contributed by atoms with Crippen molar-refractivity contribution >= 4 is 97.6 Å². The molecule has 0 saturated carbocycles. The predicted molar refractivity (Wildman–Crippen MR) is 239 cm³/mol. The number of benzene rings is 4. The molecule has 0 spiro atoms. The zero-order valence-corrected chi connectivity index (χ0v) is 39.4. The summed E-state index contributed by atoms with van der Waals surface area (Å²) in [6, 6.07) is 26.1. The molecule has 6 rings (SSSR count). The maximum atomic E-state index is 11.6. The maximum Gasteiger partial charge on any atom is 0.305 e. The first-order chi connectivity index (χ1) is 26.5.